The van der Waals surface area contributed by atoms with Gasteiger partial charge in [0, 0.05) is 28.9 Å². The van der Waals surface area contributed by atoms with Gasteiger partial charge in [-0.1, -0.05) is 24.3 Å². The maximum absolute atomic E-state index is 13.2. The van der Waals surface area contributed by atoms with Crippen molar-refractivity contribution >= 4 is 20.9 Å². The highest BCUT2D eigenvalue weighted by atomic mass is 32.2. The molecule has 0 unspecified atom stereocenters. The molecule has 0 aliphatic rings. The third kappa shape index (κ3) is 2.89. The lowest BCUT2D eigenvalue weighted by Gasteiger charge is -2.10. The van der Waals surface area contributed by atoms with Gasteiger partial charge in [0.2, 0.25) is 0 Å². The van der Waals surface area contributed by atoms with Crippen LogP contribution in [0.4, 0.5) is 13.2 Å². The summed E-state index contributed by atoms with van der Waals surface area (Å²) in [7, 11) is -4.08. The van der Waals surface area contributed by atoms with E-state index < -0.39 is 21.8 Å². The molecular weight excluding hydrogens is 379 g/mol. The normalized spacial score (nSPS) is 12.6. The van der Waals surface area contributed by atoms with Crippen molar-refractivity contribution in [2.24, 2.45) is 0 Å². The summed E-state index contributed by atoms with van der Waals surface area (Å²) in [5, 5.41) is 6.83. The summed E-state index contributed by atoms with van der Waals surface area (Å²) in [6, 6.07) is 10.6. The SMILES string of the molecule is O=S(=O)(c1ccccc1)n1cc(-c2cn[nH]c2)c2ccc(C(F)(F)F)cc21. The lowest BCUT2D eigenvalue weighted by molar-refractivity contribution is -0.137. The topological polar surface area (TPSA) is 67.8 Å². The summed E-state index contributed by atoms with van der Waals surface area (Å²) in [4.78, 5) is -0.0157. The largest absolute Gasteiger partial charge is 0.416 e. The monoisotopic (exact) mass is 391 g/mol. The van der Waals surface area contributed by atoms with Gasteiger partial charge in [-0.25, -0.2) is 12.4 Å². The minimum absolute atomic E-state index is 0.0157. The van der Waals surface area contributed by atoms with Crippen LogP contribution >= 0.6 is 0 Å². The highest BCUT2D eigenvalue weighted by Crippen LogP contribution is 2.37. The molecule has 4 aromatic rings. The maximum atomic E-state index is 13.2. The third-order valence-electron chi connectivity index (χ3n) is 4.21. The molecule has 5 nitrogen and oxygen atoms in total. The molecular formula is C18H12F3N3O2S. The summed E-state index contributed by atoms with van der Waals surface area (Å²) in [5.74, 6) is 0. The molecule has 0 bridgehead atoms. The highest BCUT2D eigenvalue weighted by molar-refractivity contribution is 7.90. The molecule has 0 radical (unpaired) electrons. The standard InChI is InChI=1S/C18H12F3N3O2S/c19-18(20,21)13-6-7-15-16(12-9-22-23-10-12)11-24(17(15)8-13)27(25,26)14-4-2-1-3-5-14/h1-11H,(H,22,23). The van der Waals surface area contributed by atoms with Gasteiger partial charge in [0.1, 0.15) is 0 Å². The number of fused-ring (bicyclic) bond motifs is 1. The molecule has 0 aliphatic heterocycles. The maximum Gasteiger partial charge on any atom is 0.416 e. The molecule has 0 saturated carbocycles. The van der Waals surface area contributed by atoms with Gasteiger partial charge < -0.3 is 0 Å². The Hall–Kier alpha value is -3.07. The Morgan fingerprint density at radius 3 is 2.41 bits per heavy atom. The van der Waals surface area contributed by atoms with Crippen molar-refractivity contribution in [2.75, 3.05) is 0 Å². The van der Waals surface area contributed by atoms with Gasteiger partial charge in [-0.15, -0.1) is 0 Å². The second kappa shape index (κ2) is 5.98. The highest BCUT2D eigenvalue weighted by Gasteiger charge is 2.32. The Bertz CT molecular complexity index is 1210. The van der Waals surface area contributed by atoms with Crippen molar-refractivity contribution in [3.05, 3.63) is 72.7 Å². The zero-order valence-corrected chi connectivity index (χ0v) is 14.4. The number of halogens is 3. The summed E-state index contributed by atoms with van der Waals surface area (Å²) < 4.78 is 66.5. The van der Waals surface area contributed by atoms with Crippen LogP contribution in [-0.2, 0) is 16.2 Å². The van der Waals surface area contributed by atoms with Crippen LogP contribution < -0.4 is 0 Å². The van der Waals surface area contributed by atoms with E-state index in [9.17, 15) is 21.6 Å². The molecule has 27 heavy (non-hydrogen) atoms. The number of hydrogen-bond acceptors (Lipinski definition) is 3. The third-order valence-corrected chi connectivity index (χ3v) is 5.90. The van der Waals surface area contributed by atoms with Crippen molar-refractivity contribution in [1.29, 1.82) is 0 Å². The van der Waals surface area contributed by atoms with Crippen LogP contribution in [-0.4, -0.2) is 22.6 Å². The smallest absolute Gasteiger partial charge is 0.285 e. The van der Waals surface area contributed by atoms with Crippen molar-refractivity contribution in [3.8, 4) is 11.1 Å². The fourth-order valence-electron chi connectivity index (χ4n) is 2.91. The van der Waals surface area contributed by atoms with Crippen molar-refractivity contribution in [1.82, 2.24) is 14.2 Å². The molecule has 1 N–H and O–H groups in total. The molecule has 0 aliphatic carbocycles. The zero-order chi connectivity index (χ0) is 19.2. The molecule has 4 rings (SSSR count). The predicted molar refractivity (Wildman–Crippen MR) is 93.5 cm³/mol. The van der Waals surface area contributed by atoms with Gasteiger partial charge in [0.05, 0.1) is 22.2 Å². The van der Waals surface area contributed by atoms with Crippen molar-refractivity contribution in [2.45, 2.75) is 11.1 Å². The lowest BCUT2D eigenvalue weighted by Crippen LogP contribution is -2.12. The first kappa shape index (κ1) is 17.3. The Kier molecular flexibility index (Phi) is 3.84. The minimum atomic E-state index is -4.59. The number of H-pyrrole nitrogens is 1. The van der Waals surface area contributed by atoms with Crippen LogP contribution in [0.25, 0.3) is 22.0 Å². The van der Waals surface area contributed by atoms with E-state index in [1.807, 2.05) is 0 Å². The molecule has 2 aromatic heterocycles. The van der Waals surface area contributed by atoms with E-state index in [4.69, 9.17) is 0 Å². The Labute approximate surface area is 152 Å². The fourth-order valence-corrected chi connectivity index (χ4v) is 4.29. The van der Waals surface area contributed by atoms with E-state index in [1.165, 1.54) is 30.6 Å². The van der Waals surface area contributed by atoms with Crippen LogP contribution in [0.5, 0.6) is 0 Å². The van der Waals surface area contributed by atoms with Crippen LogP contribution in [0.15, 0.2) is 72.0 Å². The summed E-state index contributed by atoms with van der Waals surface area (Å²) in [6.45, 7) is 0. The molecule has 2 heterocycles. The fraction of sp³-hybridized carbons (Fsp3) is 0.0556. The predicted octanol–water partition coefficient (Wildman–Crippen LogP) is 4.29. The number of aromatic amines is 1. The number of benzene rings is 2. The van der Waals surface area contributed by atoms with Gasteiger partial charge in [0.15, 0.2) is 0 Å². The van der Waals surface area contributed by atoms with Crippen molar-refractivity contribution in [3.63, 3.8) is 0 Å². The summed E-state index contributed by atoms with van der Waals surface area (Å²) in [5.41, 5.74) is 0.0648. The van der Waals surface area contributed by atoms with Crippen LogP contribution in [0.3, 0.4) is 0 Å². The van der Waals surface area contributed by atoms with E-state index >= 15 is 0 Å². The first-order chi connectivity index (χ1) is 12.8. The zero-order valence-electron chi connectivity index (χ0n) is 13.6. The van der Waals surface area contributed by atoms with Gasteiger partial charge in [-0.05, 0) is 24.3 Å². The van der Waals surface area contributed by atoms with Crippen LogP contribution in [0, 0.1) is 0 Å². The average molecular weight is 391 g/mol. The van der Waals surface area contributed by atoms with E-state index in [1.54, 1.807) is 24.4 Å². The number of rotatable bonds is 3. The second-order valence-electron chi connectivity index (χ2n) is 5.87. The van der Waals surface area contributed by atoms with E-state index in [-0.39, 0.29) is 10.4 Å². The number of hydrogen-bond donors (Lipinski definition) is 1. The van der Waals surface area contributed by atoms with Crippen LogP contribution in [0.1, 0.15) is 5.56 Å². The molecule has 0 spiro atoms. The lowest BCUT2D eigenvalue weighted by atomic mass is 10.1. The molecule has 0 fully saturated rings. The number of nitrogens with zero attached hydrogens (tertiary/aromatic N) is 2. The molecule has 0 atom stereocenters. The molecule has 9 heteroatoms. The van der Waals surface area contributed by atoms with Gasteiger partial charge >= 0.3 is 6.18 Å². The molecule has 2 aromatic carbocycles. The Morgan fingerprint density at radius 1 is 1.04 bits per heavy atom. The quantitative estimate of drug-likeness (QED) is 0.567. The number of nitrogens with one attached hydrogen (secondary N) is 1. The second-order valence-corrected chi connectivity index (χ2v) is 7.69. The van der Waals surface area contributed by atoms with E-state index in [0.29, 0.717) is 16.5 Å². The first-order valence-electron chi connectivity index (χ1n) is 7.80. The number of aromatic nitrogens is 3. The molecule has 0 saturated heterocycles. The van der Waals surface area contributed by atoms with Crippen LogP contribution in [0.2, 0.25) is 0 Å². The van der Waals surface area contributed by atoms with E-state index in [0.717, 1.165) is 16.1 Å². The summed E-state index contributed by atoms with van der Waals surface area (Å²) >= 11 is 0. The van der Waals surface area contributed by atoms with Gasteiger partial charge in [-0.2, -0.15) is 18.3 Å². The first-order valence-corrected chi connectivity index (χ1v) is 9.24. The van der Waals surface area contributed by atoms with Gasteiger partial charge in [-0.3, -0.25) is 5.10 Å². The minimum Gasteiger partial charge on any atom is -0.285 e. The Morgan fingerprint density at radius 2 is 1.78 bits per heavy atom. The average Bonchev–Trinajstić information content (AvgIpc) is 3.29. The number of alkyl halides is 3. The van der Waals surface area contributed by atoms with Crippen molar-refractivity contribution < 1.29 is 21.6 Å². The Balaban J connectivity index is 2.05. The van der Waals surface area contributed by atoms with E-state index in [2.05, 4.69) is 10.2 Å². The van der Waals surface area contributed by atoms with Gasteiger partial charge in [0.25, 0.3) is 10.0 Å². The summed E-state index contributed by atoms with van der Waals surface area (Å²) in [6.07, 6.45) is -0.245. The molecule has 0 amide bonds. The molecule has 138 valence electrons.